The number of nitrogens with zero attached hydrogens (tertiary/aromatic N) is 1. The lowest BCUT2D eigenvalue weighted by Crippen LogP contribution is -2.35. The van der Waals surface area contributed by atoms with Gasteiger partial charge in [-0.15, -0.1) is 0 Å². The molecule has 0 saturated heterocycles. The molecule has 1 aliphatic rings. The standard InChI is InChI=1S/C23H38N2O9/c1-23(2,3)19(26)18-34-17-16-33-15-14-32-13-12-31-11-10-30-9-7-24-20(27)6-8-25-21(28)4-5-22(25)29/h4-5H,6-18H2,1-3H3,(H,24,27). The number of ketones is 1. The molecule has 11 heteroatoms. The summed E-state index contributed by atoms with van der Waals surface area (Å²) in [5.41, 5.74) is -0.389. The Morgan fingerprint density at radius 1 is 0.765 bits per heavy atom. The zero-order valence-corrected chi connectivity index (χ0v) is 20.5. The number of Topliss-reactive ketones (excluding diaryl/α,β-unsaturated/α-hetero) is 1. The van der Waals surface area contributed by atoms with Gasteiger partial charge >= 0.3 is 0 Å². The van der Waals surface area contributed by atoms with Crippen LogP contribution in [0.5, 0.6) is 0 Å². The van der Waals surface area contributed by atoms with Crippen molar-refractivity contribution in [2.75, 3.05) is 79.2 Å². The van der Waals surface area contributed by atoms with Crippen LogP contribution in [0.25, 0.3) is 0 Å². The highest BCUT2D eigenvalue weighted by Crippen LogP contribution is 2.14. The summed E-state index contributed by atoms with van der Waals surface area (Å²) in [6, 6.07) is 0. The van der Waals surface area contributed by atoms with Crippen LogP contribution in [0.3, 0.4) is 0 Å². The molecule has 0 bridgehead atoms. The summed E-state index contributed by atoms with van der Waals surface area (Å²) in [4.78, 5) is 47.2. The normalized spacial score (nSPS) is 13.7. The molecule has 0 aromatic rings. The van der Waals surface area contributed by atoms with Crippen molar-refractivity contribution in [1.29, 1.82) is 0 Å². The van der Waals surface area contributed by atoms with E-state index in [1.54, 1.807) is 0 Å². The fraction of sp³-hybridized carbons (Fsp3) is 0.739. The molecule has 0 aliphatic carbocycles. The predicted molar refractivity (Wildman–Crippen MR) is 122 cm³/mol. The Hall–Kier alpha value is -2.18. The highest BCUT2D eigenvalue weighted by atomic mass is 16.6. The van der Waals surface area contributed by atoms with Crippen LogP contribution in [0.15, 0.2) is 12.2 Å². The summed E-state index contributed by atoms with van der Waals surface area (Å²) >= 11 is 0. The van der Waals surface area contributed by atoms with E-state index in [0.29, 0.717) is 66.0 Å². The van der Waals surface area contributed by atoms with Gasteiger partial charge in [0, 0.05) is 37.1 Å². The Morgan fingerprint density at radius 2 is 1.21 bits per heavy atom. The van der Waals surface area contributed by atoms with E-state index in [9.17, 15) is 19.2 Å². The molecule has 3 amide bonds. The van der Waals surface area contributed by atoms with Crippen LogP contribution in [0, 0.1) is 5.41 Å². The largest absolute Gasteiger partial charge is 0.377 e. The maximum absolute atomic E-state index is 11.7. The molecule has 0 unspecified atom stereocenters. The van der Waals surface area contributed by atoms with Crippen molar-refractivity contribution in [3.63, 3.8) is 0 Å². The van der Waals surface area contributed by atoms with Gasteiger partial charge < -0.3 is 29.0 Å². The third-order valence-electron chi connectivity index (χ3n) is 4.59. The average Bonchev–Trinajstić information content (AvgIpc) is 3.10. The molecule has 0 saturated carbocycles. The van der Waals surface area contributed by atoms with Gasteiger partial charge in [-0.1, -0.05) is 20.8 Å². The van der Waals surface area contributed by atoms with Crippen LogP contribution in [0.1, 0.15) is 27.2 Å². The van der Waals surface area contributed by atoms with E-state index in [1.807, 2.05) is 20.8 Å². The molecule has 1 aliphatic heterocycles. The van der Waals surface area contributed by atoms with E-state index in [-0.39, 0.29) is 36.7 Å². The molecule has 0 radical (unpaired) electrons. The van der Waals surface area contributed by atoms with Gasteiger partial charge in [0.15, 0.2) is 5.78 Å². The summed E-state index contributed by atoms with van der Waals surface area (Å²) in [6.07, 6.45) is 2.44. The van der Waals surface area contributed by atoms with Crippen LogP contribution in [0.4, 0.5) is 0 Å². The van der Waals surface area contributed by atoms with Crippen molar-refractivity contribution in [2.24, 2.45) is 5.41 Å². The first-order valence-corrected chi connectivity index (χ1v) is 11.4. The molecule has 1 N–H and O–H groups in total. The lowest BCUT2D eigenvalue weighted by Gasteiger charge is -2.16. The number of carbonyl (C=O) groups excluding carboxylic acids is 4. The van der Waals surface area contributed by atoms with E-state index in [0.717, 1.165) is 4.90 Å². The van der Waals surface area contributed by atoms with Gasteiger partial charge in [0.25, 0.3) is 11.8 Å². The van der Waals surface area contributed by atoms with E-state index >= 15 is 0 Å². The number of hydrogen-bond acceptors (Lipinski definition) is 9. The van der Waals surface area contributed by atoms with Crippen LogP contribution < -0.4 is 5.32 Å². The van der Waals surface area contributed by atoms with Crippen molar-refractivity contribution >= 4 is 23.5 Å². The van der Waals surface area contributed by atoms with Gasteiger partial charge in [0.2, 0.25) is 5.91 Å². The molecule has 0 aromatic heterocycles. The Labute approximate surface area is 201 Å². The minimum absolute atomic E-state index is 0.0551. The molecule has 0 fully saturated rings. The van der Waals surface area contributed by atoms with Crippen molar-refractivity contribution in [2.45, 2.75) is 27.2 Å². The molecular formula is C23H38N2O9. The molecule has 0 aromatic carbocycles. The topological polar surface area (TPSA) is 130 Å². The second-order valence-electron chi connectivity index (χ2n) is 8.44. The van der Waals surface area contributed by atoms with Crippen molar-refractivity contribution < 1.29 is 42.9 Å². The fourth-order valence-corrected chi connectivity index (χ4v) is 2.48. The average molecular weight is 487 g/mol. The highest BCUT2D eigenvalue weighted by molar-refractivity contribution is 6.13. The van der Waals surface area contributed by atoms with Crippen molar-refractivity contribution in [1.82, 2.24) is 10.2 Å². The van der Waals surface area contributed by atoms with Crippen molar-refractivity contribution in [3.8, 4) is 0 Å². The van der Waals surface area contributed by atoms with Crippen LogP contribution in [0.2, 0.25) is 0 Å². The molecule has 11 nitrogen and oxygen atoms in total. The summed E-state index contributed by atoms with van der Waals surface area (Å²) in [7, 11) is 0. The molecule has 194 valence electrons. The lowest BCUT2D eigenvalue weighted by molar-refractivity contribution is -0.137. The molecule has 0 atom stereocenters. The smallest absolute Gasteiger partial charge is 0.253 e. The third kappa shape index (κ3) is 14.2. The van der Waals surface area contributed by atoms with Gasteiger partial charge in [0.05, 0.1) is 59.5 Å². The van der Waals surface area contributed by atoms with E-state index < -0.39 is 11.8 Å². The Morgan fingerprint density at radius 3 is 1.68 bits per heavy atom. The van der Waals surface area contributed by atoms with Crippen molar-refractivity contribution in [3.05, 3.63) is 12.2 Å². The van der Waals surface area contributed by atoms with Gasteiger partial charge in [-0.2, -0.15) is 0 Å². The Bertz CT molecular complexity index is 656. The zero-order valence-electron chi connectivity index (χ0n) is 20.5. The fourth-order valence-electron chi connectivity index (χ4n) is 2.48. The summed E-state index contributed by atoms with van der Waals surface area (Å²) in [6.45, 7) is 9.73. The van der Waals surface area contributed by atoms with E-state index in [2.05, 4.69) is 5.32 Å². The van der Waals surface area contributed by atoms with Gasteiger partial charge in [0.1, 0.15) is 6.61 Å². The van der Waals surface area contributed by atoms with E-state index in [1.165, 1.54) is 12.2 Å². The number of ether oxygens (including phenoxy) is 5. The van der Waals surface area contributed by atoms with Gasteiger partial charge in [-0.3, -0.25) is 24.1 Å². The summed E-state index contributed by atoms with van der Waals surface area (Å²) in [5, 5.41) is 2.66. The maximum Gasteiger partial charge on any atom is 0.253 e. The maximum atomic E-state index is 11.7. The molecular weight excluding hydrogens is 448 g/mol. The minimum Gasteiger partial charge on any atom is -0.377 e. The summed E-state index contributed by atoms with van der Waals surface area (Å²) < 4.78 is 26.8. The van der Waals surface area contributed by atoms with Gasteiger partial charge in [-0.05, 0) is 0 Å². The number of amides is 3. The number of hydrogen-bond donors (Lipinski definition) is 1. The van der Waals surface area contributed by atoms with Crippen LogP contribution in [-0.4, -0.2) is 108 Å². The zero-order chi connectivity index (χ0) is 25.2. The Kier molecular flexibility index (Phi) is 15.2. The highest BCUT2D eigenvalue weighted by Gasteiger charge is 2.23. The minimum atomic E-state index is -0.396. The second kappa shape index (κ2) is 17.3. The quantitative estimate of drug-likeness (QED) is 0.188. The number of rotatable bonds is 20. The first-order valence-electron chi connectivity index (χ1n) is 11.4. The number of carbonyl (C=O) groups is 4. The third-order valence-corrected chi connectivity index (χ3v) is 4.59. The molecule has 0 spiro atoms. The number of imide groups is 1. The first-order chi connectivity index (χ1) is 16.2. The van der Waals surface area contributed by atoms with E-state index in [4.69, 9.17) is 23.7 Å². The van der Waals surface area contributed by atoms with Gasteiger partial charge in [-0.25, -0.2) is 0 Å². The van der Waals surface area contributed by atoms with Crippen LogP contribution >= 0.6 is 0 Å². The Balaban J connectivity index is 1.78. The molecule has 1 heterocycles. The van der Waals surface area contributed by atoms with Crippen LogP contribution in [-0.2, 0) is 42.9 Å². The second-order valence-corrected chi connectivity index (χ2v) is 8.44. The SMILES string of the molecule is CC(C)(C)C(=O)COCCOCCOCCOCCOCCNC(=O)CCN1C(=O)C=CC1=O. The predicted octanol–water partition coefficient (Wildman–Crippen LogP) is 0.116. The first kappa shape index (κ1) is 29.9. The molecule has 34 heavy (non-hydrogen) atoms. The summed E-state index contributed by atoms with van der Waals surface area (Å²) in [5.74, 6) is -0.982. The molecule has 1 rings (SSSR count). The monoisotopic (exact) mass is 486 g/mol. The number of nitrogens with one attached hydrogen (secondary N) is 1. The lowest BCUT2D eigenvalue weighted by atomic mass is 9.91.